The summed E-state index contributed by atoms with van der Waals surface area (Å²) in [7, 11) is 0. The Morgan fingerprint density at radius 2 is 2.08 bits per heavy atom. The number of rotatable bonds is 4. The van der Waals surface area contributed by atoms with Crippen molar-refractivity contribution in [2.45, 2.75) is 6.42 Å². The number of carbonyl (C=O) groups excluding carboxylic acids is 1. The first kappa shape index (κ1) is 15.5. The number of amides is 1. The zero-order valence-corrected chi connectivity index (χ0v) is 12.7. The van der Waals surface area contributed by atoms with Crippen LogP contribution in [-0.4, -0.2) is 28.2 Å². The van der Waals surface area contributed by atoms with Crippen molar-refractivity contribution < 1.29 is 14.7 Å². The maximum atomic E-state index is 12.0. The molecule has 6 heteroatoms. The molecule has 1 amide bonds. The van der Waals surface area contributed by atoms with Gasteiger partial charge in [0.15, 0.2) is 0 Å². The lowest BCUT2D eigenvalue weighted by molar-refractivity contribution is 0.0697. The number of hydrazone groups is 1. The number of H-pyrrole nitrogens is 1. The number of carbonyl (C=O) groups is 2. The lowest BCUT2D eigenvalue weighted by Gasteiger charge is -2.02. The van der Waals surface area contributed by atoms with Crippen LogP contribution in [0, 0.1) is 0 Å². The molecule has 1 aromatic heterocycles. The highest BCUT2D eigenvalue weighted by molar-refractivity contribution is 5.97. The Morgan fingerprint density at radius 3 is 2.92 bits per heavy atom. The number of aromatic carboxylic acids is 1. The Morgan fingerprint density at radius 1 is 1.25 bits per heavy atom. The number of fused-ring (bicyclic) bond motifs is 1. The lowest BCUT2D eigenvalue weighted by Crippen LogP contribution is -2.18. The van der Waals surface area contributed by atoms with E-state index in [-0.39, 0.29) is 11.1 Å². The summed E-state index contributed by atoms with van der Waals surface area (Å²) in [6.07, 6.45) is 10.00. The van der Waals surface area contributed by atoms with Crippen molar-refractivity contribution in [2.24, 2.45) is 5.10 Å². The molecule has 0 saturated carbocycles. The molecule has 0 atom stereocenters. The topological polar surface area (TPSA) is 94.5 Å². The summed E-state index contributed by atoms with van der Waals surface area (Å²) in [6, 6.07) is 7.81. The first-order valence-electron chi connectivity index (χ1n) is 7.34. The van der Waals surface area contributed by atoms with E-state index in [2.05, 4.69) is 15.5 Å². The van der Waals surface area contributed by atoms with Gasteiger partial charge in [0.25, 0.3) is 5.91 Å². The van der Waals surface area contributed by atoms with Gasteiger partial charge in [-0.1, -0.05) is 18.2 Å². The first-order chi connectivity index (χ1) is 11.6. The van der Waals surface area contributed by atoms with Crippen LogP contribution in [0.5, 0.6) is 0 Å². The van der Waals surface area contributed by atoms with Gasteiger partial charge in [0.05, 0.1) is 11.8 Å². The predicted molar refractivity (Wildman–Crippen MR) is 91.0 cm³/mol. The molecular formula is C18H15N3O3. The smallest absolute Gasteiger partial charge is 0.335 e. The number of hydrogen-bond acceptors (Lipinski definition) is 3. The summed E-state index contributed by atoms with van der Waals surface area (Å²) in [6.45, 7) is 0. The molecule has 0 unspecified atom stereocenters. The van der Waals surface area contributed by atoms with Gasteiger partial charge in [0, 0.05) is 23.9 Å². The number of nitrogens with one attached hydrogen (secondary N) is 2. The molecule has 3 rings (SSSR count). The van der Waals surface area contributed by atoms with E-state index in [9.17, 15) is 9.59 Å². The molecule has 0 aliphatic heterocycles. The van der Waals surface area contributed by atoms with Gasteiger partial charge in [0.2, 0.25) is 0 Å². The van der Waals surface area contributed by atoms with Crippen molar-refractivity contribution in [3.63, 3.8) is 0 Å². The number of aromatic amines is 1. The van der Waals surface area contributed by atoms with Gasteiger partial charge < -0.3 is 10.1 Å². The highest BCUT2D eigenvalue weighted by atomic mass is 16.4. The Kier molecular flexibility index (Phi) is 4.38. The van der Waals surface area contributed by atoms with Crippen LogP contribution < -0.4 is 5.43 Å². The summed E-state index contributed by atoms with van der Waals surface area (Å²) in [5.41, 5.74) is 5.88. The molecule has 0 bridgehead atoms. The molecule has 3 N–H and O–H groups in total. The quantitative estimate of drug-likeness (QED) is 0.597. The van der Waals surface area contributed by atoms with Gasteiger partial charge >= 0.3 is 5.97 Å². The Labute approximate surface area is 138 Å². The van der Waals surface area contributed by atoms with E-state index in [1.807, 2.05) is 30.5 Å². The summed E-state index contributed by atoms with van der Waals surface area (Å²) < 4.78 is 0. The molecule has 0 spiro atoms. The molecule has 120 valence electrons. The Bertz CT molecular complexity index is 875. The molecule has 1 aromatic carbocycles. The van der Waals surface area contributed by atoms with Gasteiger partial charge in [0.1, 0.15) is 0 Å². The SMILES string of the molecule is O=C(O)c1cccc(C(=O)N/N=C/C2=CC=Cc3[nH]ccc3C2)c1. The minimum absolute atomic E-state index is 0.0585. The second-order valence-electron chi connectivity index (χ2n) is 5.28. The summed E-state index contributed by atoms with van der Waals surface area (Å²) >= 11 is 0. The van der Waals surface area contributed by atoms with Crippen LogP contribution in [0.3, 0.4) is 0 Å². The zero-order chi connectivity index (χ0) is 16.9. The van der Waals surface area contributed by atoms with Crippen LogP contribution in [0.1, 0.15) is 32.0 Å². The fraction of sp³-hybridized carbons (Fsp3) is 0.0556. The Balaban J connectivity index is 1.65. The van der Waals surface area contributed by atoms with Crippen LogP contribution >= 0.6 is 0 Å². The molecule has 1 aliphatic rings. The van der Waals surface area contributed by atoms with E-state index < -0.39 is 11.9 Å². The van der Waals surface area contributed by atoms with E-state index in [1.165, 1.54) is 24.3 Å². The zero-order valence-electron chi connectivity index (χ0n) is 12.7. The third kappa shape index (κ3) is 3.49. The second-order valence-corrected chi connectivity index (χ2v) is 5.28. The lowest BCUT2D eigenvalue weighted by atomic mass is 10.1. The minimum Gasteiger partial charge on any atom is -0.478 e. The fourth-order valence-electron chi connectivity index (χ4n) is 2.39. The highest BCUT2D eigenvalue weighted by Crippen LogP contribution is 2.16. The number of carboxylic acid groups (broad SMARTS) is 1. The minimum atomic E-state index is -1.08. The number of benzene rings is 1. The summed E-state index contributed by atoms with van der Waals surface area (Å²) in [4.78, 5) is 26.1. The first-order valence-corrected chi connectivity index (χ1v) is 7.34. The molecule has 0 radical (unpaired) electrons. The van der Waals surface area contributed by atoms with Crippen LogP contribution in [0.2, 0.25) is 0 Å². The number of carboxylic acids is 1. The van der Waals surface area contributed by atoms with Crippen LogP contribution in [0.15, 0.2) is 59.4 Å². The molecule has 2 aromatic rings. The van der Waals surface area contributed by atoms with Crippen LogP contribution in [0.25, 0.3) is 6.08 Å². The van der Waals surface area contributed by atoms with E-state index in [1.54, 1.807) is 6.21 Å². The van der Waals surface area contributed by atoms with Gasteiger partial charge in [-0.2, -0.15) is 5.10 Å². The summed E-state index contributed by atoms with van der Waals surface area (Å²) in [5, 5.41) is 12.9. The molecule has 1 aliphatic carbocycles. The van der Waals surface area contributed by atoms with Crippen molar-refractivity contribution in [1.82, 2.24) is 10.4 Å². The third-order valence-electron chi connectivity index (χ3n) is 3.61. The molecule has 0 fully saturated rings. The van der Waals surface area contributed by atoms with Crippen molar-refractivity contribution in [3.8, 4) is 0 Å². The fourth-order valence-corrected chi connectivity index (χ4v) is 2.39. The van der Waals surface area contributed by atoms with Crippen LogP contribution in [0.4, 0.5) is 0 Å². The normalized spacial score (nSPS) is 13.2. The maximum Gasteiger partial charge on any atom is 0.335 e. The molecule has 24 heavy (non-hydrogen) atoms. The predicted octanol–water partition coefficient (Wildman–Crippen LogP) is 2.62. The van der Waals surface area contributed by atoms with Crippen molar-refractivity contribution >= 4 is 24.2 Å². The van der Waals surface area contributed by atoms with E-state index in [4.69, 9.17) is 5.11 Å². The van der Waals surface area contributed by atoms with Crippen molar-refractivity contribution in [2.75, 3.05) is 0 Å². The molecule has 1 heterocycles. The average molecular weight is 321 g/mol. The number of hydrogen-bond donors (Lipinski definition) is 3. The maximum absolute atomic E-state index is 12.0. The van der Waals surface area contributed by atoms with Crippen molar-refractivity contribution in [3.05, 3.63) is 76.6 Å². The summed E-state index contributed by atoms with van der Waals surface area (Å²) in [5.74, 6) is -1.53. The van der Waals surface area contributed by atoms with E-state index in [0.29, 0.717) is 6.42 Å². The third-order valence-corrected chi connectivity index (χ3v) is 3.61. The molecule has 0 saturated heterocycles. The largest absolute Gasteiger partial charge is 0.478 e. The van der Waals surface area contributed by atoms with Crippen molar-refractivity contribution in [1.29, 1.82) is 0 Å². The number of allylic oxidation sites excluding steroid dienone is 3. The molecular weight excluding hydrogens is 306 g/mol. The monoisotopic (exact) mass is 321 g/mol. The van der Waals surface area contributed by atoms with Crippen LogP contribution in [-0.2, 0) is 6.42 Å². The van der Waals surface area contributed by atoms with Gasteiger partial charge in [-0.05, 0) is 41.5 Å². The number of nitrogens with zero attached hydrogens (tertiary/aromatic N) is 1. The Hall–Kier alpha value is -3.41. The molecule has 6 nitrogen and oxygen atoms in total. The van der Waals surface area contributed by atoms with Gasteiger partial charge in [-0.15, -0.1) is 0 Å². The average Bonchev–Trinajstić information content (AvgIpc) is 2.93. The number of aromatic nitrogens is 1. The highest BCUT2D eigenvalue weighted by Gasteiger charge is 2.09. The standard InChI is InChI=1S/C18H15N3O3/c22-17(14-4-2-5-15(10-14)18(23)24)21-20-11-12-3-1-6-16-13(9-12)7-8-19-16/h1-8,10-11,19H,9H2,(H,21,22)(H,23,24)/b20-11+. The van der Waals surface area contributed by atoms with E-state index >= 15 is 0 Å². The van der Waals surface area contributed by atoms with Gasteiger partial charge in [-0.3, -0.25) is 4.79 Å². The van der Waals surface area contributed by atoms with E-state index in [0.717, 1.165) is 16.8 Å². The van der Waals surface area contributed by atoms with Gasteiger partial charge in [-0.25, -0.2) is 10.2 Å². The second kappa shape index (κ2) is 6.78.